The van der Waals surface area contributed by atoms with Gasteiger partial charge in [0.1, 0.15) is 0 Å². The fourth-order valence-electron chi connectivity index (χ4n) is 4.35. The second-order valence-corrected chi connectivity index (χ2v) is 7.70. The van der Waals surface area contributed by atoms with E-state index in [1.54, 1.807) is 0 Å². The summed E-state index contributed by atoms with van der Waals surface area (Å²) in [6.07, 6.45) is 4.02. The summed E-state index contributed by atoms with van der Waals surface area (Å²) in [5.41, 5.74) is 3.16. The number of nitrogens with one attached hydrogen (secondary N) is 1. The third kappa shape index (κ3) is 1.81. The van der Waals surface area contributed by atoms with Crippen molar-refractivity contribution in [1.82, 2.24) is 0 Å². The van der Waals surface area contributed by atoms with Gasteiger partial charge in [0, 0.05) is 6.04 Å². The summed E-state index contributed by atoms with van der Waals surface area (Å²) >= 11 is 6.36. The minimum absolute atomic E-state index is 0.395. The standard InChI is InChI=1S/C17H24ClN/c1-11-5-6-14(13(18)9-11)19-15-10-12-7-8-17(15,4)16(12,2)3/h5-6,9,12,15,19H,7-8,10H2,1-4H3. The zero-order valence-corrected chi connectivity index (χ0v) is 13.1. The van der Waals surface area contributed by atoms with Gasteiger partial charge in [-0.2, -0.15) is 0 Å². The summed E-state index contributed by atoms with van der Waals surface area (Å²) in [5.74, 6) is 0.860. The summed E-state index contributed by atoms with van der Waals surface area (Å²) in [7, 11) is 0. The summed E-state index contributed by atoms with van der Waals surface area (Å²) in [6, 6.07) is 6.86. The van der Waals surface area contributed by atoms with Crippen LogP contribution in [0.4, 0.5) is 5.69 Å². The van der Waals surface area contributed by atoms with Crippen molar-refractivity contribution >= 4 is 17.3 Å². The highest BCUT2D eigenvalue weighted by molar-refractivity contribution is 6.33. The van der Waals surface area contributed by atoms with Crippen molar-refractivity contribution in [3.05, 3.63) is 28.8 Å². The normalized spacial score (nSPS) is 35.6. The van der Waals surface area contributed by atoms with Crippen LogP contribution < -0.4 is 5.32 Å². The Kier molecular flexibility index (Phi) is 2.91. The van der Waals surface area contributed by atoms with Crippen LogP contribution in [0.1, 0.15) is 45.6 Å². The minimum atomic E-state index is 0.395. The highest BCUT2D eigenvalue weighted by atomic mass is 35.5. The lowest BCUT2D eigenvalue weighted by atomic mass is 9.69. The third-order valence-electron chi connectivity index (χ3n) is 6.25. The van der Waals surface area contributed by atoms with Gasteiger partial charge in [-0.15, -0.1) is 0 Å². The van der Waals surface area contributed by atoms with Crippen LogP contribution in [0.2, 0.25) is 5.02 Å². The highest BCUT2D eigenvalue weighted by Crippen LogP contribution is 2.65. The smallest absolute Gasteiger partial charge is 0.0640 e. The first kappa shape index (κ1) is 13.3. The second kappa shape index (κ2) is 4.15. The van der Waals surface area contributed by atoms with E-state index in [0.29, 0.717) is 16.9 Å². The van der Waals surface area contributed by atoms with Crippen molar-refractivity contribution in [1.29, 1.82) is 0 Å². The second-order valence-electron chi connectivity index (χ2n) is 7.29. The molecule has 3 atom stereocenters. The van der Waals surface area contributed by atoms with Crippen LogP contribution in [0.25, 0.3) is 0 Å². The van der Waals surface area contributed by atoms with Gasteiger partial charge in [-0.25, -0.2) is 0 Å². The van der Waals surface area contributed by atoms with Crippen molar-refractivity contribution in [3.63, 3.8) is 0 Å². The van der Waals surface area contributed by atoms with E-state index >= 15 is 0 Å². The Bertz CT molecular complexity index is 508. The lowest BCUT2D eigenvalue weighted by Crippen LogP contribution is -2.40. The molecule has 2 saturated carbocycles. The molecule has 1 aromatic rings. The number of benzene rings is 1. The van der Waals surface area contributed by atoms with Crippen LogP contribution >= 0.6 is 11.6 Å². The number of anilines is 1. The molecule has 2 heteroatoms. The fraction of sp³-hybridized carbons (Fsp3) is 0.647. The number of aryl methyl sites for hydroxylation is 1. The average molecular weight is 278 g/mol. The van der Waals surface area contributed by atoms with Gasteiger partial charge in [-0.3, -0.25) is 0 Å². The van der Waals surface area contributed by atoms with Gasteiger partial charge in [-0.05, 0) is 60.6 Å². The Morgan fingerprint density at radius 3 is 2.53 bits per heavy atom. The maximum absolute atomic E-state index is 6.36. The molecule has 2 bridgehead atoms. The van der Waals surface area contributed by atoms with Gasteiger partial charge in [0.15, 0.2) is 0 Å². The molecule has 3 rings (SSSR count). The molecule has 2 aliphatic carbocycles. The van der Waals surface area contributed by atoms with Crippen LogP contribution in [-0.4, -0.2) is 6.04 Å². The Balaban J connectivity index is 1.86. The maximum atomic E-state index is 6.36. The Labute approximate surface area is 121 Å². The van der Waals surface area contributed by atoms with Gasteiger partial charge in [0.05, 0.1) is 10.7 Å². The molecular weight excluding hydrogens is 254 g/mol. The first-order valence-electron chi connectivity index (χ1n) is 7.37. The molecule has 2 aliphatic rings. The number of halogens is 1. The quantitative estimate of drug-likeness (QED) is 0.776. The summed E-state index contributed by atoms with van der Waals surface area (Å²) in [4.78, 5) is 0. The lowest BCUT2D eigenvalue weighted by Gasteiger charge is -2.40. The number of rotatable bonds is 2. The summed E-state index contributed by atoms with van der Waals surface area (Å²) in [5, 5.41) is 4.58. The number of fused-ring (bicyclic) bond motifs is 2. The molecule has 19 heavy (non-hydrogen) atoms. The molecule has 0 aromatic heterocycles. The van der Waals surface area contributed by atoms with E-state index in [9.17, 15) is 0 Å². The van der Waals surface area contributed by atoms with Crippen molar-refractivity contribution in [2.24, 2.45) is 16.7 Å². The van der Waals surface area contributed by atoms with Gasteiger partial charge in [0.25, 0.3) is 0 Å². The molecule has 1 aromatic carbocycles. The minimum Gasteiger partial charge on any atom is -0.381 e. The van der Waals surface area contributed by atoms with Crippen molar-refractivity contribution < 1.29 is 0 Å². The molecule has 3 unspecified atom stereocenters. The first-order chi connectivity index (χ1) is 8.84. The largest absolute Gasteiger partial charge is 0.381 e. The van der Waals surface area contributed by atoms with Gasteiger partial charge in [0.2, 0.25) is 0 Å². The zero-order valence-electron chi connectivity index (χ0n) is 12.4. The summed E-state index contributed by atoms with van der Waals surface area (Å²) < 4.78 is 0. The van der Waals surface area contributed by atoms with E-state index in [2.05, 4.69) is 45.1 Å². The van der Waals surface area contributed by atoms with Crippen molar-refractivity contribution in [2.45, 2.75) is 53.0 Å². The van der Waals surface area contributed by atoms with E-state index in [-0.39, 0.29) is 0 Å². The third-order valence-corrected chi connectivity index (χ3v) is 6.56. The van der Waals surface area contributed by atoms with Crippen LogP contribution in [0.5, 0.6) is 0 Å². The molecular formula is C17H24ClN. The van der Waals surface area contributed by atoms with E-state index in [1.165, 1.54) is 24.8 Å². The zero-order chi connectivity index (χ0) is 13.8. The molecule has 104 valence electrons. The van der Waals surface area contributed by atoms with Crippen molar-refractivity contribution in [3.8, 4) is 0 Å². The highest BCUT2D eigenvalue weighted by Gasteiger charge is 2.61. The molecule has 0 amide bonds. The molecule has 1 N–H and O–H groups in total. The summed E-state index contributed by atoms with van der Waals surface area (Å²) in [6.45, 7) is 9.43. The Hall–Kier alpha value is -0.690. The predicted octanol–water partition coefficient (Wildman–Crippen LogP) is 5.28. The lowest BCUT2D eigenvalue weighted by molar-refractivity contribution is 0.142. The van der Waals surface area contributed by atoms with Gasteiger partial charge >= 0.3 is 0 Å². The topological polar surface area (TPSA) is 12.0 Å². The Morgan fingerprint density at radius 2 is 2.00 bits per heavy atom. The number of hydrogen-bond donors (Lipinski definition) is 1. The molecule has 1 nitrogen and oxygen atoms in total. The average Bonchev–Trinajstić information content (AvgIpc) is 2.65. The van der Waals surface area contributed by atoms with E-state index in [1.807, 2.05) is 6.07 Å². The van der Waals surface area contributed by atoms with Crippen LogP contribution in [0.3, 0.4) is 0 Å². The monoisotopic (exact) mass is 277 g/mol. The number of hydrogen-bond acceptors (Lipinski definition) is 1. The SMILES string of the molecule is Cc1ccc(NC2CC3CCC2(C)C3(C)C)c(Cl)c1. The van der Waals surface area contributed by atoms with Crippen LogP contribution in [-0.2, 0) is 0 Å². The van der Waals surface area contributed by atoms with Gasteiger partial charge < -0.3 is 5.32 Å². The molecule has 0 saturated heterocycles. The van der Waals surface area contributed by atoms with Crippen LogP contribution in [0.15, 0.2) is 18.2 Å². The molecule has 2 fully saturated rings. The predicted molar refractivity (Wildman–Crippen MR) is 82.8 cm³/mol. The molecule has 0 aliphatic heterocycles. The van der Waals surface area contributed by atoms with E-state index in [0.717, 1.165) is 16.6 Å². The molecule has 0 radical (unpaired) electrons. The van der Waals surface area contributed by atoms with Gasteiger partial charge in [-0.1, -0.05) is 38.4 Å². The van der Waals surface area contributed by atoms with Crippen LogP contribution in [0, 0.1) is 23.7 Å². The maximum Gasteiger partial charge on any atom is 0.0640 e. The molecule has 0 spiro atoms. The van der Waals surface area contributed by atoms with E-state index < -0.39 is 0 Å². The Morgan fingerprint density at radius 1 is 1.26 bits per heavy atom. The first-order valence-corrected chi connectivity index (χ1v) is 7.75. The van der Waals surface area contributed by atoms with E-state index in [4.69, 9.17) is 11.6 Å². The molecule has 0 heterocycles. The van der Waals surface area contributed by atoms with Crippen molar-refractivity contribution in [2.75, 3.05) is 5.32 Å². The fourth-order valence-corrected chi connectivity index (χ4v) is 4.64.